The van der Waals surface area contributed by atoms with Crippen LogP contribution in [0.2, 0.25) is 0 Å². The highest BCUT2D eigenvalue weighted by Gasteiger charge is 2.33. The number of carbonyl (C=O) groups excluding carboxylic acids is 1. The fraction of sp³-hybridized carbons (Fsp3) is 0.929. The third kappa shape index (κ3) is 3.23. The van der Waals surface area contributed by atoms with Crippen LogP contribution in [0.1, 0.15) is 26.7 Å². The Kier molecular flexibility index (Phi) is 4.28. The largest absolute Gasteiger partial charge is 0.355 e. The van der Waals surface area contributed by atoms with Gasteiger partial charge < -0.3 is 15.5 Å². The molecule has 18 heavy (non-hydrogen) atoms. The third-order valence-electron chi connectivity index (χ3n) is 4.69. The highest BCUT2D eigenvalue weighted by atomic mass is 16.2. The SMILES string of the molecule is CN1CCC(C(C)(C)CNC(=O)C2CNC2)CC1. The Morgan fingerprint density at radius 2 is 1.94 bits per heavy atom. The number of hydrogen-bond acceptors (Lipinski definition) is 3. The van der Waals surface area contributed by atoms with Gasteiger partial charge in [-0.3, -0.25) is 4.79 Å². The van der Waals surface area contributed by atoms with Gasteiger partial charge in [0.1, 0.15) is 0 Å². The summed E-state index contributed by atoms with van der Waals surface area (Å²) >= 11 is 0. The number of amides is 1. The van der Waals surface area contributed by atoms with Crippen molar-refractivity contribution in [2.24, 2.45) is 17.3 Å². The lowest BCUT2D eigenvalue weighted by molar-refractivity contribution is -0.127. The van der Waals surface area contributed by atoms with E-state index in [4.69, 9.17) is 0 Å². The molecule has 4 heteroatoms. The number of nitrogens with one attached hydrogen (secondary N) is 2. The maximum atomic E-state index is 11.8. The number of rotatable bonds is 4. The molecule has 2 aliphatic rings. The molecule has 0 aromatic heterocycles. The third-order valence-corrected chi connectivity index (χ3v) is 4.69. The summed E-state index contributed by atoms with van der Waals surface area (Å²) in [6.45, 7) is 9.48. The quantitative estimate of drug-likeness (QED) is 0.775. The summed E-state index contributed by atoms with van der Waals surface area (Å²) < 4.78 is 0. The minimum Gasteiger partial charge on any atom is -0.355 e. The topological polar surface area (TPSA) is 44.4 Å². The summed E-state index contributed by atoms with van der Waals surface area (Å²) in [5, 5.41) is 6.28. The fourth-order valence-electron chi connectivity index (χ4n) is 2.87. The molecule has 2 aliphatic heterocycles. The van der Waals surface area contributed by atoms with E-state index in [9.17, 15) is 4.79 Å². The molecule has 104 valence electrons. The van der Waals surface area contributed by atoms with E-state index in [0.29, 0.717) is 0 Å². The molecule has 0 unspecified atom stereocenters. The average Bonchev–Trinajstić information content (AvgIpc) is 2.25. The predicted molar refractivity (Wildman–Crippen MR) is 73.4 cm³/mol. The maximum absolute atomic E-state index is 11.8. The van der Waals surface area contributed by atoms with E-state index in [2.05, 4.69) is 36.4 Å². The fourth-order valence-corrected chi connectivity index (χ4v) is 2.87. The van der Waals surface area contributed by atoms with Crippen LogP contribution in [0.25, 0.3) is 0 Å². The Bertz CT molecular complexity index is 291. The molecule has 0 atom stereocenters. The van der Waals surface area contributed by atoms with Gasteiger partial charge in [-0.05, 0) is 44.3 Å². The van der Waals surface area contributed by atoms with Gasteiger partial charge in [0.2, 0.25) is 5.91 Å². The standard InChI is InChI=1S/C14H27N3O/c1-14(2,12-4-6-17(3)7-5-12)10-16-13(18)11-8-15-9-11/h11-12,15H,4-10H2,1-3H3,(H,16,18). The molecule has 1 amide bonds. The van der Waals surface area contributed by atoms with Crippen LogP contribution in [0.4, 0.5) is 0 Å². The van der Waals surface area contributed by atoms with E-state index in [-0.39, 0.29) is 17.2 Å². The van der Waals surface area contributed by atoms with Gasteiger partial charge in [-0.25, -0.2) is 0 Å². The molecule has 0 aliphatic carbocycles. The number of piperidine rings is 1. The molecular formula is C14H27N3O. The van der Waals surface area contributed by atoms with E-state index in [1.54, 1.807) is 0 Å². The highest BCUT2D eigenvalue weighted by Crippen LogP contribution is 2.34. The average molecular weight is 253 g/mol. The Morgan fingerprint density at radius 1 is 1.33 bits per heavy atom. The van der Waals surface area contributed by atoms with Gasteiger partial charge in [0, 0.05) is 19.6 Å². The summed E-state index contributed by atoms with van der Waals surface area (Å²) in [5.74, 6) is 1.17. The molecular weight excluding hydrogens is 226 g/mol. The molecule has 2 N–H and O–H groups in total. The van der Waals surface area contributed by atoms with Crippen LogP contribution in [0.5, 0.6) is 0 Å². The zero-order valence-corrected chi connectivity index (χ0v) is 12.0. The summed E-state index contributed by atoms with van der Waals surface area (Å²) in [7, 11) is 2.19. The summed E-state index contributed by atoms with van der Waals surface area (Å²) in [6, 6.07) is 0. The number of hydrogen-bond donors (Lipinski definition) is 2. The second kappa shape index (κ2) is 5.57. The smallest absolute Gasteiger partial charge is 0.225 e. The molecule has 0 aromatic carbocycles. The first-order valence-electron chi connectivity index (χ1n) is 7.16. The molecule has 2 heterocycles. The molecule has 0 bridgehead atoms. The van der Waals surface area contributed by atoms with Gasteiger partial charge >= 0.3 is 0 Å². The van der Waals surface area contributed by atoms with Crippen LogP contribution >= 0.6 is 0 Å². The van der Waals surface area contributed by atoms with Crippen LogP contribution in [0.15, 0.2) is 0 Å². The first-order valence-corrected chi connectivity index (χ1v) is 7.16. The van der Waals surface area contributed by atoms with Crippen molar-refractivity contribution in [3.05, 3.63) is 0 Å². The van der Waals surface area contributed by atoms with Crippen molar-refractivity contribution in [3.63, 3.8) is 0 Å². The molecule has 4 nitrogen and oxygen atoms in total. The van der Waals surface area contributed by atoms with Gasteiger partial charge in [0.15, 0.2) is 0 Å². The molecule has 2 saturated heterocycles. The van der Waals surface area contributed by atoms with Crippen LogP contribution in [-0.4, -0.2) is 50.6 Å². The van der Waals surface area contributed by atoms with Crippen molar-refractivity contribution in [2.45, 2.75) is 26.7 Å². The summed E-state index contributed by atoms with van der Waals surface area (Å²) in [5.41, 5.74) is 0.216. The maximum Gasteiger partial charge on any atom is 0.225 e. The number of likely N-dealkylation sites (tertiary alicyclic amines) is 1. The van der Waals surface area contributed by atoms with Crippen LogP contribution in [-0.2, 0) is 4.79 Å². The first kappa shape index (κ1) is 13.8. The lowest BCUT2D eigenvalue weighted by atomic mass is 9.73. The van der Waals surface area contributed by atoms with Crippen molar-refractivity contribution in [1.82, 2.24) is 15.5 Å². The Labute approximate surface area is 110 Å². The molecule has 2 fully saturated rings. The molecule has 0 aromatic rings. The predicted octanol–water partition coefficient (Wildman–Crippen LogP) is 0.690. The minimum absolute atomic E-state index is 0.207. The normalized spacial score (nSPS) is 23.7. The van der Waals surface area contributed by atoms with Crippen LogP contribution < -0.4 is 10.6 Å². The van der Waals surface area contributed by atoms with E-state index >= 15 is 0 Å². The van der Waals surface area contributed by atoms with Gasteiger partial charge in [-0.2, -0.15) is 0 Å². The molecule has 0 radical (unpaired) electrons. The summed E-state index contributed by atoms with van der Waals surface area (Å²) in [6.07, 6.45) is 2.51. The second-order valence-electron chi connectivity index (χ2n) is 6.64. The van der Waals surface area contributed by atoms with Gasteiger partial charge in [0.05, 0.1) is 5.92 Å². The van der Waals surface area contributed by atoms with Gasteiger partial charge in [0.25, 0.3) is 0 Å². The molecule has 2 rings (SSSR count). The minimum atomic E-state index is 0.207. The molecule has 0 spiro atoms. The summed E-state index contributed by atoms with van der Waals surface area (Å²) in [4.78, 5) is 14.2. The number of nitrogens with zero attached hydrogens (tertiary/aromatic N) is 1. The Morgan fingerprint density at radius 3 is 2.44 bits per heavy atom. The van der Waals surface area contributed by atoms with Crippen molar-refractivity contribution < 1.29 is 4.79 Å². The van der Waals surface area contributed by atoms with Crippen LogP contribution in [0, 0.1) is 17.3 Å². The first-order chi connectivity index (χ1) is 8.49. The zero-order valence-electron chi connectivity index (χ0n) is 12.0. The lowest BCUT2D eigenvalue weighted by Gasteiger charge is -2.40. The van der Waals surface area contributed by atoms with Crippen LogP contribution in [0.3, 0.4) is 0 Å². The van der Waals surface area contributed by atoms with E-state index < -0.39 is 0 Å². The highest BCUT2D eigenvalue weighted by molar-refractivity contribution is 5.80. The van der Waals surface area contributed by atoms with Gasteiger partial charge in [-0.15, -0.1) is 0 Å². The van der Waals surface area contributed by atoms with E-state index in [1.807, 2.05) is 0 Å². The number of carbonyl (C=O) groups is 1. The van der Waals surface area contributed by atoms with E-state index in [1.165, 1.54) is 25.9 Å². The van der Waals surface area contributed by atoms with Gasteiger partial charge in [-0.1, -0.05) is 13.8 Å². The Hall–Kier alpha value is -0.610. The van der Waals surface area contributed by atoms with E-state index in [0.717, 1.165) is 25.6 Å². The lowest BCUT2D eigenvalue weighted by Crippen LogP contribution is -2.52. The zero-order chi connectivity index (χ0) is 13.2. The van der Waals surface area contributed by atoms with Crippen molar-refractivity contribution in [2.75, 3.05) is 39.8 Å². The van der Waals surface area contributed by atoms with Crippen molar-refractivity contribution in [3.8, 4) is 0 Å². The molecule has 0 saturated carbocycles. The van der Waals surface area contributed by atoms with Crippen molar-refractivity contribution in [1.29, 1.82) is 0 Å². The second-order valence-corrected chi connectivity index (χ2v) is 6.64. The Balaban J connectivity index is 1.77. The monoisotopic (exact) mass is 253 g/mol. The van der Waals surface area contributed by atoms with Crippen molar-refractivity contribution >= 4 is 5.91 Å².